The Morgan fingerprint density at radius 3 is 2.67 bits per heavy atom. The van der Waals surface area contributed by atoms with Crippen molar-refractivity contribution in [2.75, 3.05) is 0 Å². The highest BCUT2D eigenvalue weighted by molar-refractivity contribution is 5.08. The van der Waals surface area contributed by atoms with E-state index in [1.807, 2.05) is 24.4 Å². The normalized spacial score (nSPS) is 13.1. The zero-order valence-electron chi connectivity index (χ0n) is 9.61. The van der Waals surface area contributed by atoms with E-state index in [1.165, 1.54) is 12.8 Å². The molecule has 15 heavy (non-hydrogen) atoms. The van der Waals surface area contributed by atoms with Gasteiger partial charge < -0.3 is 0 Å². The molecule has 0 fully saturated rings. The van der Waals surface area contributed by atoms with E-state index in [9.17, 15) is 0 Å². The smallest absolute Gasteiger partial charge is 0.0632 e. The highest BCUT2D eigenvalue weighted by Crippen LogP contribution is 2.17. The van der Waals surface area contributed by atoms with Crippen LogP contribution >= 0.6 is 0 Å². The minimum atomic E-state index is 0.185. The van der Waals surface area contributed by atoms with Crippen LogP contribution in [0.4, 0.5) is 0 Å². The molecule has 1 atom stereocenters. The van der Waals surface area contributed by atoms with Crippen molar-refractivity contribution in [2.45, 2.75) is 39.2 Å². The third-order valence-electron chi connectivity index (χ3n) is 2.52. The second-order valence-electron chi connectivity index (χ2n) is 4.30. The Labute approximate surface area is 92.1 Å². The van der Waals surface area contributed by atoms with E-state index in [2.05, 4.69) is 24.3 Å². The predicted molar refractivity (Wildman–Crippen MR) is 63.0 cm³/mol. The Hall–Kier alpha value is -0.930. The fourth-order valence-electron chi connectivity index (χ4n) is 1.63. The lowest BCUT2D eigenvalue weighted by molar-refractivity contribution is 0.448. The monoisotopic (exact) mass is 207 g/mol. The number of aromatic nitrogens is 1. The maximum absolute atomic E-state index is 5.53. The van der Waals surface area contributed by atoms with Crippen LogP contribution in [0.1, 0.15) is 44.8 Å². The fraction of sp³-hybridized carbons (Fsp3) is 0.583. The molecule has 0 spiro atoms. The van der Waals surface area contributed by atoms with Gasteiger partial charge in [0.2, 0.25) is 0 Å². The van der Waals surface area contributed by atoms with Crippen molar-refractivity contribution in [2.24, 2.45) is 11.8 Å². The van der Waals surface area contributed by atoms with Crippen molar-refractivity contribution in [1.29, 1.82) is 0 Å². The largest absolute Gasteiger partial charge is 0.271 e. The lowest BCUT2D eigenvalue weighted by atomic mass is 10.0. The first-order valence-corrected chi connectivity index (χ1v) is 5.61. The van der Waals surface area contributed by atoms with Crippen LogP contribution in [-0.2, 0) is 0 Å². The predicted octanol–water partition coefficient (Wildman–Crippen LogP) is 2.41. The van der Waals surface area contributed by atoms with Crippen molar-refractivity contribution in [3.63, 3.8) is 0 Å². The van der Waals surface area contributed by atoms with E-state index in [0.29, 0.717) is 0 Å². The van der Waals surface area contributed by atoms with Gasteiger partial charge in [-0.05, 0) is 24.5 Å². The van der Waals surface area contributed by atoms with Crippen molar-refractivity contribution < 1.29 is 0 Å². The van der Waals surface area contributed by atoms with E-state index < -0.39 is 0 Å². The summed E-state index contributed by atoms with van der Waals surface area (Å²) in [7, 11) is 0. The molecule has 0 radical (unpaired) electrons. The van der Waals surface area contributed by atoms with Gasteiger partial charge in [0, 0.05) is 6.20 Å². The van der Waals surface area contributed by atoms with Gasteiger partial charge in [-0.15, -0.1) is 0 Å². The van der Waals surface area contributed by atoms with E-state index in [0.717, 1.165) is 18.0 Å². The molecule has 1 unspecified atom stereocenters. The van der Waals surface area contributed by atoms with Crippen molar-refractivity contribution in [3.05, 3.63) is 30.1 Å². The molecule has 0 saturated heterocycles. The number of nitrogens with two attached hydrogens (primary N) is 1. The highest BCUT2D eigenvalue weighted by Gasteiger charge is 2.09. The van der Waals surface area contributed by atoms with E-state index in [-0.39, 0.29) is 6.04 Å². The van der Waals surface area contributed by atoms with Gasteiger partial charge in [0.05, 0.1) is 11.7 Å². The third kappa shape index (κ3) is 4.40. The number of hydrazine groups is 1. The summed E-state index contributed by atoms with van der Waals surface area (Å²) in [6.07, 6.45) is 5.28. The van der Waals surface area contributed by atoms with Crippen LogP contribution in [0, 0.1) is 5.92 Å². The molecule has 0 amide bonds. The molecule has 0 aromatic carbocycles. The van der Waals surface area contributed by atoms with Crippen LogP contribution in [0.2, 0.25) is 0 Å². The minimum absolute atomic E-state index is 0.185. The number of nitrogens with zero attached hydrogens (tertiary/aromatic N) is 1. The van der Waals surface area contributed by atoms with Crippen LogP contribution < -0.4 is 11.3 Å². The van der Waals surface area contributed by atoms with Gasteiger partial charge in [-0.1, -0.05) is 32.8 Å². The number of nitrogens with one attached hydrogen (secondary N) is 1. The molecule has 1 aromatic heterocycles. The first kappa shape index (κ1) is 12.1. The maximum atomic E-state index is 5.53. The topological polar surface area (TPSA) is 50.9 Å². The van der Waals surface area contributed by atoms with Gasteiger partial charge >= 0.3 is 0 Å². The first-order chi connectivity index (χ1) is 7.24. The van der Waals surface area contributed by atoms with E-state index in [1.54, 1.807) is 0 Å². The van der Waals surface area contributed by atoms with Gasteiger partial charge in [0.15, 0.2) is 0 Å². The Morgan fingerprint density at radius 2 is 2.13 bits per heavy atom. The van der Waals surface area contributed by atoms with Crippen LogP contribution in [-0.4, -0.2) is 4.98 Å². The first-order valence-electron chi connectivity index (χ1n) is 5.61. The molecule has 1 rings (SSSR count). The summed E-state index contributed by atoms with van der Waals surface area (Å²) in [5, 5.41) is 0. The summed E-state index contributed by atoms with van der Waals surface area (Å²) in [4.78, 5) is 4.31. The molecule has 3 N–H and O–H groups in total. The maximum Gasteiger partial charge on any atom is 0.0632 e. The summed E-state index contributed by atoms with van der Waals surface area (Å²) in [5.74, 6) is 6.29. The van der Waals surface area contributed by atoms with Gasteiger partial charge in [-0.3, -0.25) is 16.3 Å². The Morgan fingerprint density at radius 1 is 1.33 bits per heavy atom. The molecule has 0 aliphatic heterocycles. The molecule has 1 heterocycles. The Bertz CT molecular complexity index is 259. The number of rotatable bonds is 6. The molecule has 3 heteroatoms. The lowest BCUT2D eigenvalue weighted by Gasteiger charge is -2.15. The quantitative estimate of drug-likeness (QED) is 0.556. The summed E-state index contributed by atoms with van der Waals surface area (Å²) < 4.78 is 0. The molecule has 3 nitrogen and oxygen atoms in total. The summed E-state index contributed by atoms with van der Waals surface area (Å²) in [6, 6.07) is 6.12. The molecule has 0 saturated carbocycles. The standard InChI is InChI=1S/C12H21N3/c1-10(2)6-5-8-12(15-13)11-7-3-4-9-14-11/h3-4,7,9-10,12,15H,5-6,8,13H2,1-2H3. The summed E-state index contributed by atoms with van der Waals surface area (Å²) in [6.45, 7) is 4.48. The summed E-state index contributed by atoms with van der Waals surface area (Å²) >= 11 is 0. The lowest BCUT2D eigenvalue weighted by Crippen LogP contribution is -2.28. The van der Waals surface area contributed by atoms with Gasteiger partial charge in [-0.25, -0.2) is 0 Å². The van der Waals surface area contributed by atoms with Crippen LogP contribution in [0.5, 0.6) is 0 Å². The SMILES string of the molecule is CC(C)CCCC(NN)c1ccccn1. The summed E-state index contributed by atoms with van der Waals surface area (Å²) in [5.41, 5.74) is 3.86. The average Bonchev–Trinajstić information content (AvgIpc) is 2.25. The molecular formula is C12H21N3. The Balaban J connectivity index is 2.43. The zero-order chi connectivity index (χ0) is 11.1. The number of pyridine rings is 1. The van der Waals surface area contributed by atoms with Crippen molar-refractivity contribution >= 4 is 0 Å². The van der Waals surface area contributed by atoms with Gasteiger partial charge in [0.1, 0.15) is 0 Å². The van der Waals surface area contributed by atoms with Crippen LogP contribution in [0.3, 0.4) is 0 Å². The van der Waals surface area contributed by atoms with Crippen molar-refractivity contribution in [1.82, 2.24) is 10.4 Å². The number of hydrogen-bond acceptors (Lipinski definition) is 3. The molecule has 0 bridgehead atoms. The van der Waals surface area contributed by atoms with E-state index >= 15 is 0 Å². The molecule has 0 aliphatic carbocycles. The van der Waals surface area contributed by atoms with Crippen LogP contribution in [0.15, 0.2) is 24.4 Å². The zero-order valence-corrected chi connectivity index (χ0v) is 9.61. The van der Waals surface area contributed by atoms with Crippen LogP contribution in [0.25, 0.3) is 0 Å². The molecule has 1 aromatic rings. The van der Waals surface area contributed by atoms with E-state index in [4.69, 9.17) is 5.84 Å². The molecular weight excluding hydrogens is 186 g/mol. The average molecular weight is 207 g/mol. The second kappa shape index (κ2) is 6.53. The Kier molecular flexibility index (Phi) is 5.29. The van der Waals surface area contributed by atoms with Gasteiger partial charge in [-0.2, -0.15) is 0 Å². The van der Waals surface area contributed by atoms with Gasteiger partial charge in [0.25, 0.3) is 0 Å². The molecule has 0 aliphatic rings. The fourth-order valence-corrected chi connectivity index (χ4v) is 1.63. The highest BCUT2D eigenvalue weighted by atomic mass is 15.2. The van der Waals surface area contributed by atoms with Crippen molar-refractivity contribution in [3.8, 4) is 0 Å². The number of hydrogen-bond donors (Lipinski definition) is 2. The minimum Gasteiger partial charge on any atom is -0.271 e. The molecule has 84 valence electrons. The second-order valence-corrected chi connectivity index (χ2v) is 4.30. The third-order valence-corrected chi connectivity index (χ3v) is 2.52.